The molecule has 0 aliphatic heterocycles. The Morgan fingerprint density at radius 3 is 2.28 bits per heavy atom. The van der Waals surface area contributed by atoms with Gasteiger partial charge in [0.2, 0.25) is 11.8 Å². The molecular weight excluding hydrogens is 236 g/mol. The molecule has 6 nitrogen and oxygen atoms in total. The molecule has 0 bridgehead atoms. The number of nitrogens with one attached hydrogen (secondary N) is 1. The molecule has 6 heteroatoms. The van der Waals surface area contributed by atoms with Crippen molar-refractivity contribution in [1.82, 2.24) is 0 Å². The van der Waals surface area contributed by atoms with Crippen LogP contribution >= 0.6 is 0 Å². The summed E-state index contributed by atoms with van der Waals surface area (Å²) in [4.78, 5) is 21.4. The van der Waals surface area contributed by atoms with Crippen LogP contribution in [0.1, 0.15) is 25.0 Å². The Bertz CT molecular complexity index is 430. The van der Waals surface area contributed by atoms with Crippen LogP contribution in [0.5, 0.6) is 0 Å². The van der Waals surface area contributed by atoms with Crippen molar-refractivity contribution in [2.45, 2.75) is 25.6 Å². The van der Waals surface area contributed by atoms with Gasteiger partial charge in [-0.05, 0) is 17.7 Å². The largest absolute Gasteiger partial charge is 0.390 e. The van der Waals surface area contributed by atoms with Crippen LogP contribution in [0.3, 0.4) is 0 Å². The minimum atomic E-state index is -1.24. The number of carbonyl (C=O) groups excluding carboxylic acids is 2. The lowest BCUT2D eigenvalue weighted by Crippen LogP contribution is -2.25. The summed E-state index contributed by atoms with van der Waals surface area (Å²) in [7, 11) is 0. The number of nitrogens with two attached hydrogens (primary N) is 1. The molecule has 0 radical (unpaired) electrons. The molecule has 1 rings (SSSR count). The number of amides is 2. The minimum absolute atomic E-state index is 0.197. The maximum Gasteiger partial charge on any atom is 0.221 e. The number of aliphatic hydroxyl groups is 2. The Hall–Kier alpha value is -1.92. The topological polar surface area (TPSA) is 113 Å². The second-order valence-electron chi connectivity index (χ2n) is 3.99. The van der Waals surface area contributed by atoms with Gasteiger partial charge in [0.1, 0.15) is 6.10 Å². The van der Waals surface area contributed by atoms with E-state index in [0.29, 0.717) is 11.3 Å². The van der Waals surface area contributed by atoms with Gasteiger partial charge in [0, 0.05) is 12.6 Å². The smallest absolute Gasteiger partial charge is 0.221 e. The normalized spacial score (nSPS) is 13.7. The van der Waals surface area contributed by atoms with Crippen molar-refractivity contribution < 1.29 is 19.8 Å². The van der Waals surface area contributed by atoms with E-state index in [2.05, 4.69) is 5.32 Å². The van der Waals surface area contributed by atoms with Crippen LogP contribution in [0, 0.1) is 0 Å². The van der Waals surface area contributed by atoms with Crippen molar-refractivity contribution in [1.29, 1.82) is 0 Å². The molecule has 0 aliphatic rings. The number of benzene rings is 1. The zero-order valence-corrected chi connectivity index (χ0v) is 9.96. The molecule has 5 N–H and O–H groups in total. The predicted octanol–water partition coefficient (Wildman–Crippen LogP) is -0.0853. The highest BCUT2D eigenvalue weighted by Crippen LogP contribution is 2.20. The van der Waals surface area contributed by atoms with Crippen LogP contribution in [-0.2, 0) is 9.59 Å². The highest BCUT2D eigenvalue weighted by Gasteiger charge is 2.20. The number of aliphatic hydroxyl groups excluding tert-OH is 2. The van der Waals surface area contributed by atoms with E-state index in [0.717, 1.165) is 0 Å². The fourth-order valence-electron chi connectivity index (χ4n) is 1.51. The monoisotopic (exact) mass is 252 g/mol. The molecule has 18 heavy (non-hydrogen) atoms. The Balaban J connectivity index is 2.72. The molecule has 98 valence electrons. The Morgan fingerprint density at radius 2 is 1.83 bits per heavy atom. The molecule has 0 heterocycles. The average molecular weight is 252 g/mol. The predicted molar refractivity (Wildman–Crippen MR) is 65.5 cm³/mol. The molecule has 2 amide bonds. The molecule has 0 spiro atoms. The first-order chi connectivity index (χ1) is 8.40. The van der Waals surface area contributed by atoms with E-state index in [9.17, 15) is 19.8 Å². The second kappa shape index (κ2) is 6.13. The Morgan fingerprint density at radius 1 is 1.28 bits per heavy atom. The van der Waals surface area contributed by atoms with E-state index >= 15 is 0 Å². The Kier molecular flexibility index (Phi) is 4.82. The van der Waals surface area contributed by atoms with Crippen molar-refractivity contribution in [2.24, 2.45) is 5.73 Å². The zero-order chi connectivity index (χ0) is 13.7. The van der Waals surface area contributed by atoms with Gasteiger partial charge in [-0.2, -0.15) is 0 Å². The molecule has 1 aromatic carbocycles. The lowest BCUT2D eigenvalue weighted by molar-refractivity contribution is -0.121. The van der Waals surface area contributed by atoms with E-state index in [1.54, 1.807) is 24.3 Å². The van der Waals surface area contributed by atoms with Gasteiger partial charge >= 0.3 is 0 Å². The van der Waals surface area contributed by atoms with Gasteiger partial charge in [-0.3, -0.25) is 9.59 Å². The van der Waals surface area contributed by atoms with Crippen LogP contribution in [0.25, 0.3) is 0 Å². The minimum Gasteiger partial charge on any atom is -0.390 e. The van der Waals surface area contributed by atoms with Crippen LogP contribution in [-0.4, -0.2) is 28.1 Å². The average Bonchev–Trinajstić information content (AvgIpc) is 2.27. The summed E-state index contributed by atoms with van der Waals surface area (Å²) in [6.07, 6.45) is -2.74. The summed E-state index contributed by atoms with van der Waals surface area (Å²) >= 11 is 0. The number of primary amides is 1. The van der Waals surface area contributed by atoms with Crippen LogP contribution in [0.2, 0.25) is 0 Å². The molecule has 0 saturated heterocycles. The van der Waals surface area contributed by atoms with E-state index in [-0.39, 0.29) is 12.3 Å². The van der Waals surface area contributed by atoms with E-state index < -0.39 is 18.1 Å². The van der Waals surface area contributed by atoms with Crippen LogP contribution in [0.4, 0.5) is 5.69 Å². The van der Waals surface area contributed by atoms with Crippen molar-refractivity contribution >= 4 is 17.5 Å². The van der Waals surface area contributed by atoms with Crippen molar-refractivity contribution in [3.8, 4) is 0 Å². The number of carbonyl (C=O) groups is 2. The van der Waals surface area contributed by atoms with Crippen molar-refractivity contribution in [3.05, 3.63) is 29.8 Å². The Labute approximate surface area is 104 Å². The van der Waals surface area contributed by atoms with Gasteiger partial charge < -0.3 is 21.3 Å². The quantitative estimate of drug-likeness (QED) is 0.586. The lowest BCUT2D eigenvalue weighted by atomic mass is 10.0. The van der Waals surface area contributed by atoms with Crippen LogP contribution < -0.4 is 11.1 Å². The molecule has 0 saturated carbocycles. The summed E-state index contributed by atoms with van der Waals surface area (Å²) < 4.78 is 0. The summed E-state index contributed by atoms with van der Waals surface area (Å²) in [6, 6.07) is 6.30. The first-order valence-electron chi connectivity index (χ1n) is 5.42. The lowest BCUT2D eigenvalue weighted by Gasteiger charge is -2.17. The number of rotatable bonds is 5. The molecule has 2 atom stereocenters. The summed E-state index contributed by atoms with van der Waals surface area (Å²) in [5, 5.41) is 21.9. The molecule has 0 aliphatic carbocycles. The molecule has 1 aromatic rings. The summed E-state index contributed by atoms with van der Waals surface area (Å²) in [6.45, 7) is 1.39. The third-order valence-electron chi connectivity index (χ3n) is 2.35. The number of hydrogen-bond donors (Lipinski definition) is 4. The van der Waals surface area contributed by atoms with Gasteiger partial charge in [-0.1, -0.05) is 12.1 Å². The number of hydrogen-bond acceptors (Lipinski definition) is 4. The first-order valence-corrected chi connectivity index (χ1v) is 5.42. The molecule has 0 aromatic heterocycles. The van der Waals surface area contributed by atoms with E-state index in [1.165, 1.54) is 6.92 Å². The van der Waals surface area contributed by atoms with Gasteiger partial charge in [0.15, 0.2) is 0 Å². The van der Waals surface area contributed by atoms with Gasteiger partial charge in [-0.15, -0.1) is 0 Å². The highest BCUT2D eigenvalue weighted by atomic mass is 16.3. The van der Waals surface area contributed by atoms with E-state index in [4.69, 9.17) is 5.73 Å². The zero-order valence-electron chi connectivity index (χ0n) is 9.96. The third-order valence-corrected chi connectivity index (χ3v) is 2.35. The first kappa shape index (κ1) is 14.1. The number of anilines is 1. The molecule has 0 fully saturated rings. The summed E-state index contributed by atoms with van der Waals surface area (Å²) in [5.74, 6) is -0.881. The standard InChI is InChI=1S/C12H16N2O4/c1-7(15)14-9-4-2-8(3-5-9)12(18)10(16)6-11(13)17/h2-5,10,12,16,18H,6H2,1H3,(H2,13,17)(H,14,15). The van der Waals surface area contributed by atoms with Gasteiger partial charge in [0.25, 0.3) is 0 Å². The van der Waals surface area contributed by atoms with Gasteiger partial charge in [-0.25, -0.2) is 0 Å². The fraction of sp³-hybridized carbons (Fsp3) is 0.333. The fourth-order valence-corrected chi connectivity index (χ4v) is 1.51. The molecular formula is C12H16N2O4. The van der Waals surface area contributed by atoms with Gasteiger partial charge in [0.05, 0.1) is 12.5 Å². The maximum atomic E-state index is 10.8. The summed E-state index contributed by atoms with van der Waals surface area (Å²) in [5.41, 5.74) is 5.96. The second-order valence-corrected chi connectivity index (χ2v) is 3.99. The van der Waals surface area contributed by atoms with Crippen molar-refractivity contribution in [3.63, 3.8) is 0 Å². The van der Waals surface area contributed by atoms with Crippen molar-refractivity contribution in [2.75, 3.05) is 5.32 Å². The maximum absolute atomic E-state index is 10.8. The highest BCUT2D eigenvalue weighted by molar-refractivity contribution is 5.88. The van der Waals surface area contributed by atoms with E-state index in [1.807, 2.05) is 0 Å². The third kappa shape index (κ3) is 4.15. The SMILES string of the molecule is CC(=O)Nc1ccc(C(O)C(O)CC(N)=O)cc1. The molecule has 2 unspecified atom stereocenters. The van der Waals surface area contributed by atoms with Crippen LogP contribution in [0.15, 0.2) is 24.3 Å².